The Bertz CT molecular complexity index is 849. The van der Waals surface area contributed by atoms with Gasteiger partial charge in [-0.3, -0.25) is 4.79 Å². The number of rotatable bonds is 5. The number of nitrogens with zero attached hydrogens (tertiary/aromatic N) is 2. The summed E-state index contributed by atoms with van der Waals surface area (Å²) in [6.45, 7) is -0.0150. The molecule has 6 heteroatoms. The van der Waals surface area contributed by atoms with E-state index in [0.29, 0.717) is 12.0 Å². The van der Waals surface area contributed by atoms with E-state index in [1.807, 2.05) is 17.0 Å². The average Bonchev–Trinajstić information content (AvgIpc) is 3.02. The number of nitrogens with one attached hydrogen (secondary N) is 1. The van der Waals surface area contributed by atoms with Crippen LogP contribution in [-0.2, 0) is 4.79 Å². The van der Waals surface area contributed by atoms with Gasteiger partial charge in [0.2, 0.25) is 0 Å². The van der Waals surface area contributed by atoms with Crippen molar-refractivity contribution in [2.24, 2.45) is 0 Å². The molecular weight excluding hydrogens is 366 g/mol. The molecule has 4 rings (SSSR count). The van der Waals surface area contributed by atoms with Crippen LogP contribution in [0.25, 0.3) is 0 Å². The summed E-state index contributed by atoms with van der Waals surface area (Å²) in [4.78, 5) is 15.1. The molecule has 6 nitrogen and oxygen atoms in total. The quantitative estimate of drug-likeness (QED) is 0.711. The van der Waals surface area contributed by atoms with Gasteiger partial charge in [0.15, 0.2) is 0 Å². The predicted octanol–water partition coefficient (Wildman–Crippen LogP) is 3.24. The van der Waals surface area contributed by atoms with Gasteiger partial charge in [-0.25, -0.2) is 0 Å². The van der Waals surface area contributed by atoms with Crippen LogP contribution in [0.3, 0.4) is 0 Å². The van der Waals surface area contributed by atoms with Gasteiger partial charge in [0, 0.05) is 30.3 Å². The Labute approximate surface area is 171 Å². The average molecular weight is 396 g/mol. The molecule has 1 heterocycles. The monoisotopic (exact) mass is 395 g/mol. The number of anilines is 2. The van der Waals surface area contributed by atoms with Gasteiger partial charge in [-0.15, -0.1) is 0 Å². The highest BCUT2D eigenvalue weighted by Crippen LogP contribution is 2.41. The fraction of sp³-hybridized carbons (Fsp3) is 0.565. The Morgan fingerprint density at radius 3 is 2.69 bits per heavy atom. The Morgan fingerprint density at radius 1 is 1.17 bits per heavy atom. The summed E-state index contributed by atoms with van der Waals surface area (Å²) >= 11 is 0. The molecule has 0 saturated heterocycles. The van der Waals surface area contributed by atoms with Gasteiger partial charge in [-0.05, 0) is 68.7 Å². The van der Waals surface area contributed by atoms with Gasteiger partial charge in [0.1, 0.15) is 6.07 Å². The first-order valence-electron chi connectivity index (χ1n) is 10.8. The maximum absolute atomic E-state index is 13.2. The van der Waals surface area contributed by atoms with Crippen LogP contribution in [0.15, 0.2) is 29.3 Å². The fourth-order valence-electron chi connectivity index (χ4n) is 5.07. The minimum atomic E-state index is -0.224. The molecule has 1 amide bonds. The lowest BCUT2D eigenvalue weighted by Crippen LogP contribution is -2.37. The number of fused-ring (bicyclic) bond motifs is 1. The summed E-state index contributed by atoms with van der Waals surface area (Å²) < 4.78 is 0. The van der Waals surface area contributed by atoms with Gasteiger partial charge in [-0.2, -0.15) is 5.26 Å². The smallest absolute Gasteiger partial charge is 0.254 e. The van der Waals surface area contributed by atoms with Gasteiger partial charge < -0.3 is 20.4 Å². The van der Waals surface area contributed by atoms with E-state index in [9.17, 15) is 20.3 Å². The molecule has 154 valence electrons. The number of nitriles is 1. The fourth-order valence-corrected chi connectivity index (χ4v) is 5.07. The Kier molecular flexibility index (Phi) is 5.89. The van der Waals surface area contributed by atoms with Crippen molar-refractivity contribution in [3.63, 3.8) is 0 Å². The highest BCUT2D eigenvalue weighted by molar-refractivity contribution is 6.10. The number of carbonyl (C=O) groups is 1. The molecule has 2 fully saturated rings. The second-order valence-electron chi connectivity index (χ2n) is 8.41. The predicted molar refractivity (Wildman–Crippen MR) is 112 cm³/mol. The van der Waals surface area contributed by atoms with E-state index in [4.69, 9.17) is 0 Å². The van der Waals surface area contributed by atoms with E-state index < -0.39 is 0 Å². The van der Waals surface area contributed by atoms with Crippen molar-refractivity contribution in [1.29, 1.82) is 5.26 Å². The summed E-state index contributed by atoms with van der Waals surface area (Å²) in [5, 5.41) is 32.2. The summed E-state index contributed by atoms with van der Waals surface area (Å²) in [5.41, 5.74) is 4.10. The minimum Gasteiger partial charge on any atom is -0.396 e. The van der Waals surface area contributed by atoms with Gasteiger partial charge in [0.25, 0.3) is 5.91 Å². The summed E-state index contributed by atoms with van der Waals surface area (Å²) in [5.74, 6) is -0.00241. The summed E-state index contributed by atoms with van der Waals surface area (Å²) in [6.07, 6.45) is 7.51. The third-order valence-electron chi connectivity index (χ3n) is 6.57. The van der Waals surface area contributed by atoms with Crippen molar-refractivity contribution in [3.05, 3.63) is 34.9 Å². The molecule has 0 radical (unpaired) electrons. The molecular formula is C23H29N3O3. The van der Waals surface area contributed by atoms with Crippen LogP contribution in [0.1, 0.15) is 63.4 Å². The van der Waals surface area contributed by atoms with Crippen molar-refractivity contribution in [1.82, 2.24) is 0 Å². The number of carbonyl (C=O) groups excluding carboxylic acids is 1. The number of aliphatic hydroxyl groups excluding tert-OH is 2. The molecule has 1 aromatic carbocycles. The zero-order valence-electron chi connectivity index (χ0n) is 16.7. The molecule has 3 aliphatic rings. The zero-order valence-corrected chi connectivity index (χ0v) is 16.7. The summed E-state index contributed by atoms with van der Waals surface area (Å²) in [7, 11) is 0. The van der Waals surface area contributed by atoms with Gasteiger partial charge in [-0.1, -0.05) is 6.42 Å². The molecule has 0 spiro atoms. The van der Waals surface area contributed by atoms with Crippen LogP contribution in [0.5, 0.6) is 0 Å². The van der Waals surface area contributed by atoms with E-state index in [1.165, 1.54) is 5.57 Å². The van der Waals surface area contributed by atoms with E-state index in [1.54, 1.807) is 6.07 Å². The first kappa shape index (κ1) is 19.9. The summed E-state index contributed by atoms with van der Waals surface area (Å²) in [6, 6.07) is 8.12. The van der Waals surface area contributed by atoms with Crippen LogP contribution in [0.4, 0.5) is 11.4 Å². The molecule has 1 aliphatic heterocycles. The lowest BCUT2D eigenvalue weighted by molar-refractivity contribution is -0.115. The van der Waals surface area contributed by atoms with Crippen LogP contribution in [-0.4, -0.2) is 40.9 Å². The third-order valence-corrected chi connectivity index (χ3v) is 6.57. The van der Waals surface area contributed by atoms with Crippen LogP contribution < -0.4 is 10.2 Å². The number of hydrogen-bond acceptors (Lipinski definition) is 5. The molecule has 3 N–H and O–H groups in total. The van der Waals surface area contributed by atoms with Crippen LogP contribution in [0, 0.1) is 11.3 Å². The Balaban J connectivity index is 1.62. The third kappa shape index (κ3) is 3.90. The van der Waals surface area contributed by atoms with Crippen LogP contribution in [0.2, 0.25) is 0 Å². The molecule has 1 aromatic rings. The molecule has 2 saturated carbocycles. The molecule has 2 aliphatic carbocycles. The standard InChI is InChI=1S/C23H29N3O3/c24-14-15-5-8-17(13-21(15)25-16-6-9-18(28)10-7-16)26-22-4-2-1-3-19(22)20(11-12-27)23(26)29/h5,8,13,16,18,22,25,27-28H,1-4,6-7,9-12H2. The van der Waals surface area contributed by atoms with Crippen molar-refractivity contribution in [2.45, 2.75) is 76.0 Å². The van der Waals surface area contributed by atoms with E-state index in [0.717, 1.165) is 68.3 Å². The highest BCUT2D eigenvalue weighted by Gasteiger charge is 2.40. The normalized spacial score (nSPS) is 27.0. The molecule has 1 atom stereocenters. The SMILES string of the molecule is N#Cc1ccc(N2C(=O)C(CCO)=C3CCCCC32)cc1NC1CCC(O)CC1. The van der Waals surface area contributed by atoms with Crippen LogP contribution >= 0.6 is 0 Å². The molecule has 29 heavy (non-hydrogen) atoms. The van der Waals surface area contributed by atoms with E-state index in [2.05, 4.69) is 11.4 Å². The lowest BCUT2D eigenvalue weighted by Gasteiger charge is -2.31. The topological polar surface area (TPSA) is 96.6 Å². The van der Waals surface area contributed by atoms with E-state index >= 15 is 0 Å². The largest absolute Gasteiger partial charge is 0.396 e. The number of benzene rings is 1. The Hall–Kier alpha value is -2.36. The number of aliphatic hydroxyl groups is 2. The highest BCUT2D eigenvalue weighted by atomic mass is 16.3. The lowest BCUT2D eigenvalue weighted by atomic mass is 9.88. The molecule has 0 aromatic heterocycles. The molecule has 1 unspecified atom stereocenters. The van der Waals surface area contributed by atoms with Gasteiger partial charge >= 0.3 is 0 Å². The Morgan fingerprint density at radius 2 is 1.97 bits per heavy atom. The first-order valence-corrected chi connectivity index (χ1v) is 10.8. The molecule has 0 bridgehead atoms. The number of amides is 1. The first-order chi connectivity index (χ1) is 14.1. The number of hydrogen-bond donors (Lipinski definition) is 3. The van der Waals surface area contributed by atoms with Gasteiger partial charge in [0.05, 0.1) is 23.4 Å². The second kappa shape index (κ2) is 8.56. The van der Waals surface area contributed by atoms with Crippen molar-refractivity contribution >= 4 is 17.3 Å². The zero-order chi connectivity index (χ0) is 20.4. The van der Waals surface area contributed by atoms with Crippen molar-refractivity contribution in [3.8, 4) is 6.07 Å². The second-order valence-corrected chi connectivity index (χ2v) is 8.41. The maximum atomic E-state index is 13.2. The maximum Gasteiger partial charge on any atom is 0.254 e. The van der Waals surface area contributed by atoms with E-state index in [-0.39, 0.29) is 30.7 Å². The van der Waals surface area contributed by atoms with Crippen molar-refractivity contribution < 1.29 is 15.0 Å². The minimum absolute atomic E-state index is 0.00241. The van der Waals surface area contributed by atoms with Crippen molar-refractivity contribution in [2.75, 3.05) is 16.8 Å².